The van der Waals surface area contributed by atoms with Gasteiger partial charge in [0.25, 0.3) is 0 Å². The minimum atomic E-state index is -0.447. The molecule has 0 spiro atoms. The molecule has 0 bridgehead atoms. The molecule has 3 aromatic rings. The lowest BCUT2D eigenvalue weighted by Crippen LogP contribution is -2.28. The van der Waals surface area contributed by atoms with Crippen molar-refractivity contribution < 1.29 is 9.63 Å². The molecule has 0 saturated carbocycles. The standard InChI is InChI=1S/C24H23ClN2O2/c1-16-13-20-21(26-29-23(28)17-7-5-4-6-8-17)14-24(2,3)15-22(20)27(16)19-11-9-18(25)10-12-19/h4-13H,14-15H2,1-3H3/b26-21+. The Morgan fingerprint density at radius 1 is 1.07 bits per heavy atom. The monoisotopic (exact) mass is 406 g/mol. The molecule has 4 rings (SSSR count). The molecule has 0 unspecified atom stereocenters. The molecule has 1 aliphatic rings. The molecule has 0 saturated heterocycles. The summed E-state index contributed by atoms with van der Waals surface area (Å²) < 4.78 is 2.24. The highest BCUT2D eigenvalue weighted by molar-refractivity contribution is 6.30. The Hall–Kier alpha value is -2.85. The van der Waals surface area contributed by atoms with E-state index in [4.69, 9.17) is 16.4 Å². The molecule has 2 aromatic carbocycles. The second-order valence-electron chi connectivity index (χ2n) is 8.26. The van der Waals surface area contributed by atoms with Gasteiger partial charge in [0, 0.05) is 27.7 Å². The summed E-state index contributed by atoms with van der Waals surface area (Å²) in [5.74, 6) is -0.447. The number of nitrogens with zero attached hydrogens (tertiary/aromatic N) is 2. The molecular weight excluding hydrogens is 384 g/mol. The number of hydrogen-bond acceptors (Lipinski definition) is 3. The van der Waals surface area contributed by atoms with Crippen molar-refractivity contribution >= 4 is 23.3 Å². The molecular formula is C24H23ClN2O2. The molecule has 0 aliphatic heterocycles. The van der Waals surface area contributed by atoms with E-state index in [1.165, 1.54) is 5.69 Å². The van der Waals surface area contributed by atoms with Crippen molar-refractivity contribution in [1.29, 1.82) is 0 Å². The van der Waals surface area contributed by atoms with Crippen molar-refractivity contribution in [2.24, 2.45) is 10.6 Å². The zero-order valence-electron chi connectivity index (χ0n) is 16.8. The first-order valence-electron chi connectivity index (χ1n) is 9.65. The highest BCUT2D eigenvalue weighted by Crippen LogP contribution is 2.38. The normalized spacial score (nSPS) is 16.5. The van der Waals surface area contributed by atoms with Gasteiger partial charge in [-0.3, -0.25) is 0 Å². The minimum absolute atomic E-state index is 0.0000430. The molecule has 29 heavy (non-hydrogen) atoms. The number of carbonyl (C=O) groups is 1. The zero-order chi connectivity index (χ0) is 20.6. The number of aryl methyl sites for hydroxylation is 1. The van der Waals surface area contributed by atoms with Crippen LogP contribution in [0.25, 0.3) is 5.69 Å². The summed E-state index contributed by atoms with van der Waals surface area (Å²) in [4.78, 5) is 17.6. The topological polar surface area (TPSA) is 43.6 Å². The highest BCUT2D eigenvalue weighted by Gasteiger charge is 2.33. The summed E-state index contributed by atoms with van der Waals surface area (Å²) in [5.41, 5.74) is 5.68. The maximum Gasteiger partial charge on any atom is 0.365 e. The third-order valence-electron chi connectivity index (χ3n) is 5.22. The van der Waals surface area contributed by atoms with Crippen LogP contribution >= 0.6 is 11.6 Å². The lowest BCUT2D eigenvalue weighted by molar-refractivity contribution is 0.0514. The van der Waals surface area contributed by atoms with Crippen molar-refractivity contribution in [2.75, 3.05) is 0 Å². The van der Waals surface area contributed by atoms with Gasteiger partial charge in [-0.15, -0.1) is 0 Å². The number of oxime groups is 1. The van der Waals surface area contributed by atoms with Crippen molar-refractivity contribution in [2.45, 2.75) is 33.6 Å². The van der Waals surface area contributed by atoms with Gasteiger partial charge in [-0.1, -0.05) is 48.8 Å². The van der Waals surface area contributed by atoms with Crippen molar-refractivity contribution in [3.05, 3.63) is 88.2 Å². The Balaban J connectivity index is 1.72. The van der Waals surface area contributed by atoms with E-state index in [0.29, 0.717) is 10.6 Å². The first-order chi connectivity index (χ1) is 13.8. The van der Waals surface area contributed by atoms with Crippen LogP contribution in [-0.4, -0.2) is 16.2 Å². The first-order valence-corrected chi connectivity index (χ1v) is 10.0. The van der Waals surface area contributed by atoms with Crippen molar-refractivity contribution in [3.8, 4) is 5.69 Å². The molecule has 1 aliphatic carbocycles. The summed E-state index contributed by atoms with van der Waals surface area (Å²) in [5, 5.41) is 5.00. The molecule has 5 heteroatoms. The van der Waals surface area contributed by atoms with E-state index in [1.807, 2.05) is 30.3 Å². The van der Waals surface area contributed by atoms with E-state index in [-0.39, 0.29) is 5.41 Å². The lowest BCUT2D eigenvalue weighted by Gasteiger charge is -2.31. The fraction of sp³-hybridized carbons (Fsp3) is 0.250. The fourth-order valence-electron chi connectivity index (χ4n) is 3.93. The fourth-order valence-corrected chi connectivity index (χ4v) is 4.06. The van der Waals surface area contributed by atoms with Crippen LogP contribution in [0.2, 0.25) is 5.02 Å². The predicted molar refractivity (Wildman–Crippen MR) is 116 cm³/mol. The first kappa shape index (κ1) is 19.5. The lowest BCUT2D eigenvalue weighted by atomic mass is 9.76. The van der Waals surface area contributed by atoms with E-state index < -0.39 is 5.97 Å². The highest BCUT2D eigenvalue weighted by atomic mass is 35.5. The second kappa shape index (κ2) is 7.53. The number of hydrogen-bond donors (Lipinski definition) is 0. The Labute approximate surface area is 175 Å². The number of fused-ring (bicyclic) bond motifs is 1. The maximum absolute atomic E-state index is 12.3. The van der Waals surface area contributed by atoms with E-state index in [1.54, 1.807) is 24.3 Å². The molecule has 0 amide bonds. The molecule has 1 heterocycles. The Bertz CT molecular complexity index is 1080. The molecule has 1 aromatic heterocycles. The van der Waals surface area contributed by atoms with Crippen LogP contribution in [0.15, 0.2) is 65.8 Å². The van der Waals surface area contributed by atoms with Gasteiger partial charge < -0.3 is 9.40 Å². The van der Waals surface area contributed by atoms with Crippen molar-refractivity contribution in [1.82, 2.24) is 4.57 Å². The van der Waals surface area contributed by atoms with E-state index in [0.717, 1.165) is 35.5 Å². The van der Waals surface area contributed by atoms with Gasteiger partial charge in [-0.25, -0.2) is 4.79 Å². The van der Waals surface area contributed by atoms with Gasteiger partial charge >= 0.3 is 5.97 Å². The smallest absolute Gasteiger partial charge is 0.318 e. The summed E-state index contributed by atoms with van der Waals surface area (Å²) >= 11 is 6.07. The SMILES string of the molecule is Cc1cc2c(n1-c1ccc(Cl)cc1)CC(C)(C)C/C2=N\OC(=O)c1ccccc1. The summed E-state index contributed by atoms with van der Waals surface area (Å²) in [6.45, 7) is 6.49. The van der Waals surface area contributed by atoms with Gasteiger partial charge in [0.15, 0.2) is 0 Å². The molecule has 4 nitrogen and oxygen atoms in total. The van der Waals surface area contributed by atoms with Crippen LogP contribution in [0.4, 0.5) is 0 Å². The summed E-state index contributed by atoms with van der Waals surface area (Å²) in [6, 6.07) is 18.9. The Morgan fingerprint density at radius 2 is 1.76 bits per heavy atom. The predicted octanol–water partition coefficient (Wildman–Crippen LogP) is 5.97. The largest absolute Gasteiger partial charge is 0.365 e. The van der Waals surface area contributed by atoms with Gasteiger partial charge in [-0.2, -0.15) is 0 Å². The minimum Gasteiger partial charge on any atom is -0.318 e. The number of rotatable bonds is 3. The van der Waals surface area contributed by atoms with Crippen LogP contribution in [0, 0.1) is 12.3 Å². The van der Waals surface area contributed by atoms with Gasteiger partial charge in [0.05, 0.1) is 11.3 Å². The molecule has 148 valence electrons. The number of carbonyl (C=O) groups excluding carboxylic acids is 1. The number of aromatic nitrogens is 1. The Morgan fingerprint density at radius 3 is 2.45 bits per heavy atom. The van der Waals surface area contributed by atoms with Gasteiger partial charge in [0.1, 0.15) is 0 Å². The van der Waals surface area contributed by atoms with Gasteiger partial charge in [0.2, 0.25) is 0 Å². The van der Waals surface area contributed by atoms with Crippen LogP contribution in [0.1, 0.15) is 47.6 Å². The second-order valence-corrected chi connectivity index (χ2v) is 8.69. The average molecular weight is 407 g/mol. The maximum atomic E-state index is 12.3. The van der Waals surface area contributed by atoms with E-state index >= 15 is 0 Å². The molecule has 0 fully saturated rings. The zero-order valence-corrected chi connectivity index (χ0v) is 17.5. The van der Waals surface area contributed by atoms with E-state index in [2.05, 4.69) is 36.6 Å². The van der Waals surface area contributed by atoms with Crippen LogP contribution in [0.3, 0.4) is 0 Å². The summed E-state index contributed by atoms with van der Waals surface area (Å²) in [6.07, 6.45) is 1.65. The number of benzene rings is 2. The average Bonchev–Trinajstić information content (AvgIpc) is 3.02. The third kappa shape index (κ3) is 3.99. The quantitative estimate of drug-likeness (QED) is 0.397. The third-order valence-corrected chi connectivity index (χ3v) is 5.47. The van der Waals surface area contributed by atoms with Gasteiger partial charge in [-0.05, 0) is 67.6 Å². The van der Waals surface area contributed by atoms with Crippen LogP contribution in [-0.2, 0) is 11.3 Å². The van der Waals surface area contributed by atoms with Crippen molar-refractivity contribution in [3.63, 3.8) is 0 Å². The number of halogens is 1. The van der Waals surface area contributed by atoms with E-state index in [9.17, 15) is 4.79 Å². The van der Waals surface area contributed by atoms with Crippen LogP contribution in [0.5, 0.6) is 0 Å². The van der Waals surface area contributed by atoms with Crippen LogP contribution < -0.4 is 0 Å². The molecule has 0 N–H and O–H groups in total. The Kier molecular flexibility index (Phi) is 5.05. The summed E-state index contributed by atoms with van der Waals surface area (Å²) in [7, 11) is 0. The molecule has 0 radical (unpaired) electrons. The molecule has 0 atom stereocenters.